The fraction of sp³-hybridized carbons (Fsp3) is 0.333. The number of hydrogen-bond acceptors (Lipinski definition) is 11. The van der Waals surface area contributed by atoms with E-state index in [2.05, 4.69) is 55.1 Å². The maximum atomic E-state index is 14.1. The van der Waals surface area contributed by atoms with Crippen LogP contribution in [-0.4, -0.2) is 71.7 Å². The number of non-ortho nitro benzene ring substituents is 1. The highest BCUT2D eigenvalue weighted by molar-refractivity contribution is 7.90. The van der Waals surface area contributed by atoms with Crippen LogP contribution in [0.5, 0.6) is 40.2 Å². The van der Waals surface area contributed by atoms with Gasteiger partial charge in [0.15, 0.2) is 32.8 Å². The van der Waals surface area contributed by atoms with Crippen molar-refractivity contribution in [3.05, 3.63) is 133 Å². The number of nitrogens with zero attached hydrogens (tertiary/aromatic N) is 3. The average Bonchev–Trinajstić information content (AvgIpc) is 3.21. The van der Waals surface area contributed by atoms with Gasteiger partial charge >= 0.3 is 0 Å². The molecular weight excluding hydrogens is 759 g/mol. The largest absolute Gasteiger partial charge is 0.493 e. The van der Waals surface area contributed by atoms with E-state index in [1.165, 1.54) is 42.5 Å². The molecule has 5 aromatic rings. The fourth-order valence-electron chi connectivity index (χ4n) is 8.62. The van der Waals surface area contributed by atoms with Gasteiger partial charge in [-0.05, 0) is 134 Å². The number of nitro benzene ring substituents is 1. The quantitative estimate of drug-likeness (QED) is 0.116. The zero-order chi connectivity index (χ0) is 40.9. The van der Waals surface area contributed by atoms with Crippen molar-refractivity contribution in [2.75, 3.05) is 48.5 Å². The van der Waals surface area contributed by atoms with Gasteiger partial charge in [-0.25, -0.2) is 8.42 Å². The first-order valence-electron chi connectivity index (χ1n) is 19.3. The molecule has 12 nitrogen and oxygen atoms in total. The standard InChI is InChI=1S/C45H47N3O9S/c1-27-19-29-15-17-46(2)37-20-28-7-11-34(12-8-28)56-41-23-31(32(24-40(41)53-4)26-58(51,52)35-13-9-33(10-14-35)48(49)50)21-38-43-30(16-18-47(38)3)22-42(54-5)44(55-6)45(43)57-39(27)25-36(29)37/h7-14,19,22-25,37-38H,15-18,20-21,26H2,1-6H3/t37-,38-/m0/s1. The van der Waals surface area contributed by atoms with Crippen molar-refractivity contribution in [1.82, 2.24) is 9.80 Å². The summed E-state index contributed by atoms with van der Waals surface area (Å²) in [4.78, 5) is 15.4. The first kappa shape index (κ1) is 39.2. The minimum atomic E-state index is -3.97. The van der Waals surface area contributed by atoms with Crippen LogP contribution in [0.2, 0.25) is 0 Å². The van der Waals surface area contributed by atoms with Crippen LogP contribution in [0.3, 0.4) is 0 Å². The number of fused-ring (bicyclic) bond motifs is 2. The molecule has 58 heavy (non-hydrogen) atoms. The van der Waals surface area contributed by atoms with E-state index in [4.69, 9.17) is 23.7 Å². The molecule has 0 amide bonds. The number of rotatable bonds is 7. The van der Waals surface area contributed by atoms with Crippen molar-refractivity contribution < 1.29 is 37.0 Å². The lowest BCUT2D eigenvalue weighted by Gasteiger charge is -2.38. The molecule has 6 bridgehead atoms. The molecule has 2 atom stereocenters. The second kappa shape index (κ2) is 15.6. The Bertz CT molecular complexity index is 2510. The van der Waals surface area contributed by atoms with Gasteiger partial charge in [0.1, 0.15) is 11.5 Å². The van der Waals surface area contributed by atoms with Crippen molar-refractivity contribution >= 4 is 15.5 Å². The van der Waals surface area contributed by atoms with Crippen LogP contribution >= 0.6 is 0 Å². The summed E-state index contributed by atoms with van der Waals surface area (Å²) in [5, 5.41) is 11.3. The topological polar surface area (TPSA) is 130 Å². The molecule has 0 saturated carbocycles. The fourth-order valence-corrected chi connectivity index (χ4v) is 10.0. The van der Waals surface area contributed by atoms with Crippen LogP contribution < -0.4 is 23.7 Å². The maximum absolute atomic E-state index is 14.1. The van der Waals surface area contributed by atoms with Crippen molar-refractivity contribution in [3.8, 4) is 40.2 Å². The van der Waals surface area contributed by atoms with E-state index >= 15 is 0 Å². The lowest BCUT2D eigenvalue weighted by Crippen LogP contribution is -2.34. The van der Waals surface area contributed by atoms with E-state index in [-0.39, 0.29) is 28.4 Å². The molecule has 13 heteroatoms. The molecule has 4 heterocycles. The van der Waals surface area contributed by atoms with Crippen molar-refractivity contribution in [3.63, 3.8) is 0 Å². The van der Waals surface area contributed by atoms with E-state index in [1.54, 1.807) is 20.3 Å². The molecule has 0 saturated heterocycles. The van der Waals surface area contributed by atoms with Gasteiger partial charge in [-0.1, -0.05) is 18.2 Å². The zero-order valence-corrected chi connectivity index (χ0v) is 34.4. The third-order valence-electron chi connectivity index (χ3n) is 11.9. The Balaban J connectivity index is 1.34. The molecule has 9 rings (SSSR count). The lowest BCUT2D eigenvalue weighted by atomic mass is 9.86. The van der Waals surface area contributed by atoms with Gasteiger partial charge < -0.3 is 23.7 Å². The van der Waals surface area contributed by atoms with Crippen LogP contribution in [0.15, 0.2) is 83.8 Å². The Morgan fingerprint density at radius 3 is 2.12 bits per heavy atom. The van der Waals surface area contributed by atoms with Gasteiger partial charge in [0.25, 0.3) is 5.69 Å². The number of methoxy groups -OCH3 is 3. The number of aryl methyl sites for hydroxylation is 1. The van der Waals surface area contributed by atoms with E-state index in [0.717, 1.165) is 65.9 Å². The molecule has 0 radical (unpaired) electrons. The van der Waals surface area contributed by atoms with Crippen LogP contribution in [-0.2, 0) is 41.3 Å². The Hall–Kier alpha value is -5.63. The second-order valence-electron chi connectivity index (χ2n) is 15.4. The third kappa shape index (κ3) is 7.34. The first-order chi connectivity index (χ1) is 27.9. The van der Waals surface area contributed by atoms with Crippen molar-refractivity contribution in [2.45, 2.75) is 55.3 Å². The van der Waals surface area contributed by atoms with Gasteiger partial charge in [0, 0.05) is 42.9 Å². The van der Waals surface area contributed by atoms with Crippen LogP contribution in [0.1, 0.15) is 56.6 Å². The van der Waals surface area contributed by atoms with E-state index in [9.17, 15) is 18.5 Å². The Labute approximate surface area is 338 Å². The highest BCUT2D eigenvalue weighted by Gasteiger charge is 2.35. The molecule has 0 unspecified atom stereocenters. The summed E-state index contributed by atoms with van der Waals surface area (Å²) in [5.41, 5.74) is 7.70. The molecule has 4 aliphatic rings. The predicted octanol–water partition coefficient (Wildman–Crippen LogP) is 8.34. The molecule has 5 aromatic carbocycles. The van der Waals surface area contributed by atoms with Crippen molar-refractivity contribution in [2.24, 2.45) is 0 Å². The smallest absolute Gasteiger partial charge is 0.269 e. The molecule has 0 aliphatic carbocycles. The number of benzene rings is 5. The minimum absolute atomic E-state index is 0.0219. The highest BCUT2D eigenvalue weighted by Crippen LogP contribution is 2.51. The summed E-state index contributed by atoms with van der Waals surface area (Å²) in [6.07, 6.45) is 2.81. The summed E-state index contributed by atoms with van der Waals surface area (Å²) in [6, 6.07) is 22.9. The first-order valence-corrected chi connectivity index (χ1v) is 21.0. The average molecular weight is 806 g/mol. The van der Waals surface area contributed by atoms with Gasteiger partial charge in [-0.15, -0.1) is 0 Å². The normalized spacial score (nSPS) is 17.9. The molecule has 0 N–H and O–H groups in total. The molecule has 302 valence electrons. The molecular formula is C45H47N3O9S. The zero-order valence-electron chi connectivity index (χ0n) is 33.5. The monoisotopic (exact) mass is 805 g/mol. The second-order valence-corrected chi connectivity index (χ2v) is 17.4. The molecule has 4 aliphatic heterocycles. The predicted molar refractivity (Wildman–Crippen MR) is 220 cm³/mol. The maximum Gasteiger partial charge on any atom is 0.269 e. The van der Waals surface area contributed by atoms with E-state index in [1.807, 2.05) is 24.3 Å². The highest BCUT2D eigenvalue weighted by atomic mass is 32.2. The summed E-state index contributed by atoms with van der Waals surface area (Å²) >= 11 is 0. The SMILES string of the molecule is COc1cc(CS(=O)(=O)c2ccc([N+](=O)[O-])cc2)c2cc1Oc1ccc(cc1)C[C@H]1c3cc(c(C)cc3CCN1C)Oc1c(OC)c(OC)cc3c1[C@H](C2)N(C)CC3. The summed E-state index contributed by atoms with van der Waals surface area (Å²) in [6.45, 7) is 3.74. The lowest BCUT2D eigenvalue weighted by molar-refractivity contribution is -0.384. The Morgan fingerprint density at radius 1 is 0.759 bits per heavy atom. The Kier molecular flexibility index (Phi) is 10.6. The van der Waals surface area contributed by atoms with Gasteiger partial charge in [0.2, 0.25) is 5.75 Å². The Morgan fingerprint density at radius 2 is 1.45 bits per heavy atom. The summed E-state index contributed by atoms with van der Waals surface area (Å²) < 4.78 is 59.6. The van der Waals surface area contributed by atoms with E-state index < -0.39 is 14.8 Å². The van der Waals surface area contributed by atoms with Crippen LogP contribution in [0.4, 0.5) is 5.69 Å². The minimum Gasteiger partial charge on any atom is -0.493 e. The number of hydrogen-bond donors (Lipinski definition) is 0. The van der Waals surface area contributed by atoms with Gasteiger partial charge in [-0.3, -0.25) is 19.9 Å². The van der Waals surface area contributed by atoms with Gasteiger partial charge in [0.05, 0.1) is 36.9 Å². The number of ether oxygens (including phenoxy) is 5. The summed E-state index contributed by atoms with van der Waals surface area (Å²) in [7, 11) is 5.02. The van der Waals surface area contributed by atoms with Crippen LogP contribution in [0, 0.1) is 17.0 Å². The third-order valence-corrected chi connectivity index (χ3v) is 13.5. The van der Waals surface area contributed by atoms with Gasteiger partial charge in [-0.2, -0.15) is 0 Å². The van der Waals surface area contributed by atoms with E-state index in [0.29, 0.717) is 46.5 Å². The van der Waals surface area contributed by atoms with Crippen LogP contribution in [0.25, 0.3) is 0 Å². The number of sulfone groups is 1. The van der Waals surface area contributed by atoms with Crippen molar-refractivity contribution in [1.29, 1.82) is 0 Å². The summed E-state index contributed by atoms with van der Waals surface area (Å²) in [5.74, 6) is 3.36. The molecule has 0 aromatic heterocycles. The molecule has 0 spiro atoms. The molecule has 0 fully saturated rings. The number of nitro groups is 1. The number of likely N-dealkylation sites (N-methyl/N-ethyl adjacent to an activating group) is 2.